The van der Waals surface area contributed by atoms with Crippen LogP contribution in [0, 0.1) is 17.8 Å². The second-order valence-corrected chi connectivity index (χ2v) is 6.36. The van der Waals surface area contributed by atoms with Crippen LogP contribution in [-0.2, 0) is 0 Å². The number of nitrogens with zero attached hydrogens (tertiary/aromatic N) is 1. The zero-order valence-electron chi connectivity index (χ0n) is 12.4. The average Bonchev–Trinajstić information content (AvgIpc) is 2.96. The van der Waals surface area contributed by atoms with Gasteiger partial charge in [0.15, 0.2) is 0 Å². The highest BCUT2D eigenvalue weighted by Crippen LogP contribution is 2.19. The molecule has 1 amide bonds. The third-order valence-corrected chi connectivity index (χ3v) is 4.67. The number of likely N-dealkylation sites (tertiary alicyclic amines) is 1. The first-order chi connectivity index (χ1) is 10.2. The van der Waals surface area contributed by atoms with E-state index in [4.69, 9.17) is 5.11 Å². The van der Waals surface area contributed by atoms with Crippen molar-refractivity contribution in [1.82, 2.24) is 10.2 Å². The zero-order valence-corrected chi connectivity index (χ0v) is 13.2. The Labute approximate surface area is 130 Å². The first-order valence-electron chi connectivity index (χ1n) is 7.34. The second-order valence-electron chi connectivity index (χ2n) is 5.45. The lowest BCUT2D eigenvalue weighted by molar-refractivity contribution is 0.0949. The van der Waals surface area contributed by atoms with E-state index in [1.165, 1.54) is 24.2 Å². The van der Waals surface area contributed by atoms with Crippen LogP contribution in [0.4, 0.5) is 0 Å². The minimum absolute atomic E-state index is 0.0313. The van der Waals surface area contributed by atoms with E-state index in [1.54, 1.807) is 6.07 Å². The summed E-state index contributed by atoms with van der Waals surface area (Å²) in [5.41, 5.74) is 0.658. The number of rotatable bonds is 4. The Balaban J connectivity index is 1.73. The lowest BCUT2D eigenvalue weighted by Gasteiger charge is -2.28. The Kier molecular flexibility index (Phi) is 6.24. The number of piperidine rings is 1. The van der Waals surface area contributed by atoms with Crippen LogP contribution in [0.1, 0.15) is 34.5 Å². The highest BCUT2D eigenvalue weighted by molar-refractivity contribution is 7.10. The van der Waals surface area contributed by atoms with E-state index in [0.29, 0.717) is 5.56 Å². The molecule has 114 valence electrons. The standard InChI is InChI=1S/C16H22N2O2S/c1-18-8-5-13(6-9-18)4-7-17-16(20)14-11-15(21-12-14)3-2-10-19/h11-13,19H,4-10H2,1H3,(H,17,20). The summed E-state index contributed by atoms with van der Waals surface area (Å²) in [6, 6.07) is 1.78. The molecule has 21 heavy (non-hydrogen) atoms. The van der Waals surface area contributed by atoms with Gasteiger partial charge in [-0.15, -0.1) is 11.3 Å². The minimum atomic E-state index is -0.157. The summed E-state index contributed by atoms with van der Waals surface area (Å²) < 4.78 is 0. The number of nitrogens with one attached hydrogen (secondary N) is 1. The summed E-state index contributed by atoms with van der Waals surface area (Å²) in [5, 5.41) is 13.4. The molecule has 1 fully saturated rings. The monoisotopic (exact) mass is 306 g/mol. The lowest BCUT2D eigenvalue weighted by atomic mass is 9.94. The van der Waals surface area contributed by atoms with Gasteiger partial charge in [-0.25, -0.2) is 0 Å². The number of aliphatic hydroxyl groups is 1. The smallest absolute Gasteiger partial charge is 0.252 e. The number of carbonyl (C=O) groups is 1. The fraction of sp³-hybridized carbons (Fsp3) is 0.562. The van der Waals surface area contributed by atoms with Gasteiger partial charge in [0.25, 0.3) is 5.91 Å². The number of amides is 1. The summed E-state index contributed by atoms with van der Waals surface area (Å²) in [5.74, 6) is 6.10. The molecule has 0 spiro atoms. The molecule has 1 aromatic rings. The normalized spacial score (nSPS) is 16.3. The molecule has 0 aliphatic carbocycles. The van der Waals surface area contributed by atoms with Crippen LogP contribution in [0.2, 0.25) is 0 Å². The van der Waals surface area contributed by atoms with Crippen molar-refractivity contribution in [3.63, 3.8) is 0 Å². The van der Waals surface area contributed by atoms with E-state index in [1.807, 2.05) is 5.38 Å². The number of carbonyl (C=O) groups excluding carboxylic acids is 1. The van der Waals surface area contributed by atoms with E-state index in [9.17, 15) is 4.79 Å². The Bertz CT molecular complexity index is 522. The molecule has 0 bridgehead atoms. The van der Waals surface area contributed by atoms with Crippen LogP contribution in [0.15, 0.2) is 11.4 Å². The number of hydrogen-bond acceptors (Lipinski definition) is 4. The van der Waals surface area contributed by atoms with Gasteiger partial charge in [-0.2, -0.15) is 0 Å². The fourth-order valence-electron chi connectivity index (χ4n) is 2.49. The molecule has 1 aromatic heterocycles. The van der Waals surface area contributed by atoms with Gasteiger partial charge in [0.05, 0.1) is 10.4 Å². The van der Waals surface area contributed by atoms with Crippen molar-refractivity contribution >= 4 is 17.2 Å². The van der Waals surface area contributed by atoms with Crippen molar-refractivity contribution < 1.29 is 9.90 Å². The molecule has 0 aromatic carbocycles. The molecule has 2 heterocycles. The minimum Gasteiger partial charge on any atom is -0.384 e. The predicted octanol–water partition coefficient (Wildman–Crippen LogP) is 1.55. The summed E-state index contributed by atoms with van der Waals surface area (Å²) in [7, 11) is 2.16. The van der Waals surface area contributed by atoms with Gasteiger partial charge in [0, 0.05) is 11.9 Å². The summed E-state index contributed by atoms with van der Waals surface area (Å²) in [4.78, 5) is 15.2. The average molecular weight is 306 g/mol. The number of aliphatic hydroxyl groups excluding tert-OH is 1. The van der Waals surface area contributed by atoms with E-state index in [-0.39, 0.29) is 12.5 Å². The van der Waals surface area contributed by atoms with Crippen molar-refractivity contribution in [3.05, 3.63) is 21.9 Å². The van der Waals surface area contributed by atoms with Gasteiger partial charge in [-0.3, -0.25) is 4.79 Å². The lowest BCUT2D eigenvalue weighted by Crippen LogP contribution is -2.32. The summed E-state index contributed by atoms with van der Waals surface area (Å²) in [6.45, 7) is 2.91. The van der Waals surface area contributed by atoms with Crippen LogP contribution in [0.5, 0.6) is 0 Å². The number of hydrogen-bond donors (Lipinski definition) is 2. The summed E-state index contributed by atoms with van der Waals surface area (Å²) in [6.07, 6.45) is 3.51. The first-order valence-corrected chi connectivity index (χ1v) is 8.22. The Morgan fingerprint density at radius 3 is 3.00 bits per heavy atom. The van der Waals surface area contributed by atoms with Crippen LogP contribution >= 0.6 is 11.3 Å². The van der Waals surface area contributed by atoms with Gasteiger partial charge in [-0.1, -0.05) is 11.8 Å². The second kappa shape index (κ2) is 8.18. The highest BCUT2D eigenvalue weighted by Gasteiger charge is 2.16. The predicted molar refractivity (Wildman–Crippen MR) is 85.5 cm³/mol. The van der Waals surface area contributed by atoms with Gasteiger partial charge < -0.3 is 15.3 Å². The Hall–Kier alpha value is -1.35. The maximum Gasteiger partial charge on any atom is 0.252 e. The van der Waals surface area contributed by atoms with Gasteiger partial charge in [0.1, 0.15) is 6.61 Å². The van der Waals surface area contributed by atoms with Crippen molar-refractivity contribution in [2.75, 3.05) is 33.3 Å². The molecule has 1 saturated heterocycles. The molecular formula is C16H22N2O2S. The summed E-state index contributed by atoms with van der Waals surface area (Å²) >= 11 is 1.43. The van der Waals surface area contributed by atoms with Crippen molar-refractivity contribution in [1.29, 1.82) is 0 Å². The Morgan fingerprint density at radius 1 is 1.52 bits per heavy atom. The molecule has 2 rings (SSSR count). The largest absolute Gasteiger partial charge is 0.384 e. The molecule has 5 heteroatoms. The molecule has 0 saturated carbocycles. The topological polar surface area (TPSA) is 52.6 Å². The van der Waals surface area contributed by atoms with Gasteiger partial charge >= 0.3 is 0 Å². The molecule has 0 atom stereocenters. The fourth-order valence-corrected chi connectivity index (χ4v) is 3.25. The molecule has 4 nitrogen and oxygen atoms in total. The van der Waals surface area contributed by atoms with Gasteiger partial charge in [-0.05, 0) is 51.4 Å². The quantitative estimate of drug-likeness (QED) is 0.830. The van der Waals surface area contributed by atoms with Gasteiger partial charge in [0.2, 0.25) is 0 Å². The number of thiophene rings is 1. The third kappa shape index (κ3) is 5.16. The van der Waals surface area contributed by atoms with E-state index >= 15 is 0 Å². The maximum absolute atomic E-state index is 12.0. The van der Waals surface area contributed by atoms with Crippen LogP contribution in [-0.4, -0.2) is 49.2 Å². The highest BCUT2D eigenvalue weighted by atomic mass is 32.1. The molecule has 2 N–H and O–H groups in total. The molecule has 1 aliphatic rings. The van der Waals surface area contributed by atoms with Crippen LogP contribution in [0.3, 0.4) is 0 Å². The van der Waals surface area contributed by atoms with Crippen molar-refractivity contribution in [3.8, 4) is 11.8 Å². The van der Waals surface area contributed by atoms with Crippen molar-refractivity contribution in [2.24, 2.45) is 5.92 Å². The third-order valence-electron chi connectivity index (χ3n) is 3.83. The SMILES string of the molecule is CN1CCC(CCNC(=O)c2csc(C#CCO)c2)CC1. The van der Waals surface area contributed by atoms with E-state index in [2.05, 4.69) is 29.1 Å². The van der Waals surface area contributed by atoms with Crippen LogP contribution < -0.4 is 5.32 Å². The van der Waals surface area contributed by atoms with Crippen molar-refractivity contribution in [2.45, 2.75) is 19.3 Å². The molecule has 0 radical (unpaired) electrons. The molecule has 0 unspecified atom stereocenters. The van der Waals surface area contributed by atoms with E-state index in [0.717, 1.165) is 36.9 Å². The maximum atomic E-state index is 12.0. The zero-order chi connectivity index (χ0) is 15.1. The van der Waals surface area contributed by atoms with E-state index < -0.39 is 0 Å². The molecular weight excluding hydrogens is 284 g/mol. The first kappa shape index (κ1) is 16.0. The van der Waals surface area contributed by atoms with Crippen LogP contribution in [0.25, 0.3) is 0 Å². The molecule has 1 aliphatic heterocycles. The Morgan fingerprint density at radius 2 is 2.29 bits per heavy atom.